The third-order valence-electron chi connectivity index (χ3n) is 3.24. The van der Waals surface area contributed by atoms with Crippen LogP contribution in [0.4, 0.5) is 5.69 Å². The second-order valence-corrected chi connectivity index (χ2v) is 4.70. The van der Waals surface area contributed by atoms with Crippen molar-refractivity contribution in [2.75, 3.05) is 5.32 Å². The number of nitrogens with one attached hydrogen (secondary N) is 2. The quantitative estimate of drug-likeness (QED) is 0.765. The first-order chi connectivity index (χ1) is 9.63. The van der Waals surface area contributed by atoms with Crippen LogP contribution in [0.25, 0.3) is 10.9 Å². The molecule has 1 amide bonds. The number of benzene rings is 1. The molecule has 3 rings (SSSR count). The molecule has 102 valence electrons. The van der Waals surface area contributed by atoms with E-state index in [1.807, 2.05) is 25.1 Å². The molecule has 6 heteroatoms. The zero-order valence-electron chi connectivity index (χ0n) is 11.2. The first-order valence-corrected chi connectivity index (χ1v) is 6.28. The molecule has 0 fully saturated rings. The van der Waals surface area contributed by atoms with Gasteiger partial charge in [0.15, 0.2) is 0 Å². The predicted octanol–water partition coefficient (Wildman–Crippen LogP) is 2.35. The van der Waals surface area contributed by atoms with E-state index in [-0.39, 0.29) is 12.3 Å². The Morgan fingerprint density at radius 3 is 3.00 bits per heavy atom. The van der Waals surface area contributed by atoms with Gasteiger partial charge in [-0.2, -0.15) is 5.10 Å². The van der Waals surface area contributed by atoms with E-state index in [9.17, 15) is 4.79 Å². The summed E-state index contributed by atoms with van der Waals surface area (Å²) in [6.07, 6.45) is 1.99. The molecule has 0 unspecified atom stereocenters. The fourth-order valence-corrected chi connectivity index (χ4v) is 2.13. The molecule has 0 aliphatic heterocycles. The minimum Gasteiger partial charge on any atom is -0.361 e. The van der Waals surface area contributed by atoms with Crippen LogP contribution in [0, 0.1) is 13.8 Å². The van der Waals surface area contributed by atoms with Gasteiger partial charge in [0.2, 0.25) is 5.91 Å². The molecule has 0 aliphatic carbocycles. The zero-order chi connectivity index (χ0) is 14.1. The van der Waals surface area contributed by atoms with Crippen molar-refractivity contribution in [2.24, 2.45) is 0 Å². The summed E-state index contributed by atoms with van der Waals surface area (Å²) in [5.41, 5.74) is 3.21. The summed E-state index contributed by atoms with van der Waals surface area (Å²) >= 11 is 0. The molecule has 1 aromatic carbocycles. The zero-order valence-corrected chi connectivity index (χ0v) is 11.2. The van der Waals surface area contributed by atoms with Gasteiger partial charge in [-0.05, 0) is 32.0 Å². The summed E-state index contributed by atoms with van der Waals surface area (Å²) in [6.45, 7) is 3.63. The highest BCUT2D eigenvalue weighted by Gasteiger charge is 2.13. The lowest BCUT2D eigenvalue weighted by Gasteiger charge is -2.05. The van der Waals surface area contributed by atoms with E-state index >= 15 is 0 Å². The lowest BCUT2D eigenvalue weighted by molar-refractivity contribution is -0.115. The molecule has 0 radical (unpaired) electrons. The van der Waals surface area contributed by atoms with Crippen molar-refractivity contribution >= 4 is 22.5 Å². The van der Waals surface area contributed by atoms with Crippen molar-refractivity contribution in [3.05, 3.63) is 41.4 Å². The largest absolute Gasteiger partial charge is 0.361 e. The Hall–Kier alpha value is -2.63. The molecule has 0 aliphatic rings. The first kappa shape index (κ1) is 12.4. The summed E-state index contributed by atoms with van der Waals surface area (Å²) in [7, 11) is 0. The lowest BCUT2D eigenvalue weighted by atomic mass is 10.1. The number of nitrogens with zero attached hydrogens (tertiary/aromatic N) is 2. The Kier molecular flexibility index (Phi) is 2.98. The summed E-state index contributed by atoms with van der Waals surface area (Å²) in [5, 5.41) is 14.5. The average Bonchev–Trinajstić information content (AvgIpc) is 3.00. The van der Waals surface area contributed by atoms with Gasteiger partial charge in [0.1, 0.15) is 5.76 Å². The topological polar surface area (TPSA) is 83.8 Å². The number of hydrogen-bond donors (Lipinski definition) is 2. The van der Waals surface area contributed by atoms with Gasteiger partial charge in [0.05, 0.1) is 23.8 Å². The predicted molar refractivity (Wildman–Crippen MR) is 74.4 cm³/mol. The summed E-state index contributed by atoms with van der Waals surface area (Å²) < 4.78 is 5.05. The summed E-state index contributed by atoms with van der Waals surface area (Å²) in [4.78, 5) is 12.1. The van der Waals surface area contributed by atoms with Crippen molar-refractivity contribution in [1.82, 2.24) is 15.4 Å². The van der Waals surface area contributed by atoms with Crippen molar-refractivity contribution in [3.63, 3.8) is 0 Å². The molecule has 0 bridgehead atoms. The summed E-state index contributed by atoms with van der Waals surface area (Å²) in [5.74, 6) is 0.583. The molecule has 6 nitrogen and oxygen atoms in total. The van der Waals surface area contributed by atoms with Crippen LogP contribution in [0.15, 0.2) is 28.9 Å². The minimum absolute atomic E-state index is 0.0988. The van der Waals surface area contributed by atoms with Gasteiger partial charge in [0, 0.05) is 16.6 Å². The standard InChI is InChI=1S/C14H14N4O2/c1-8-12(9(2)20-18-8)6-14(19)16-11-4-3-10-7-15-17-13(10)5-11/h3-5,7H,6H2,1-2H3,(H,15,17)(H,16,19). The SMILES string of the molecule is Cc1noc(C)c1CC(=O)Nc1ccc2cn[nH]c2c1. The van der Waals surface area contributed by atoms with Crippen LogP contribution in [-0.2, 0) is 11.2 Å². The van der Waals surface area contributed by atoms with Gasteiger partial charge >= 0.3 is 0 Å². The van der Waals surface area contributed by atoms with Crippen LogP contribution >= 0.6 is 0 Å². The smallest absolute Gasteiger partial charge is 0.229 e. The van der Waals surface area contributed by atoms with Crippen LogP contribution in [0.2, 0.25) is 0 Å². The van der Waals surface area contributed by atoms with E-state index in [2.05, 4.69) is 20.7 Å². The Morgan fingerprint density at radius 1 is 1.40 bits per heavy atom. The maximum Gasteiger partial charge on any atom is 0.229 e. The molecule has 0 saturated heterocycles. The number of anilines is 1. The van der Waals surface area contributed by atoms with Crippen molar-refractivity contribution in [1.29, 1.82) is 0 Å². The van der Waals surface area contributed by atoms with Crippen LogP contribution in [0.5, 0.6) is 0 Å². The van der Waals surface area contributed by atoms with Crippen LogP contribution in [0.3, 0.4) is 0 Å². The van der Waals surface area contributed by atoms with Gasteiger partial charge in [-0.15, -0.1) is 0 Å². The van der Waals surface area contributed by atoms with E-state index in [0.29, 0.717) is 5.76 Å². The monoisotopic (exact) mass is 270 g/mol. The van der Waals surface area contributed by atoms with E-state index < -0.39 is 0 Å². The minimum atomic E-state index is -0.0988. The van der Waals surface area contributed by atoms with Gasteiger partial charge in [0.25, 0.3) is 0 Å². The molecule has 20 heavy (non-hydrogen) atoms. The Balaban J connectivity index is 1.75. The molecule has 2 N–H and O–H groups in total. The number of carbonyl (C=O) groups is 1. The number of aryl methyl sites for hydroxylation is 2. The Morgan fingerprint density at radius 2 is 2.25 bits per heavy atom. The highest BCUT2D eigenvalue weighted by molar-refractivity contribution is 5.94. The summed E-state index contributed by atoms with van der Waals surface area (Å²) in [6, 6.07) is 5.61. The van der Waals surface area contributed by atoms with E-state index in [4.69, 9.17) is 4.52 Å². The molecule has 0 saturated carbocycles. The molecule has 2 heterocycles. The van der Waals surface area contributed by atoms with Gasteiger partial charge < -0.3 is 9.84 Å². The molecule has 0 atom stereocenters. The second kappa shape index (κ2) is 4.80. The number of H-pyrrole nitrogens is 1. The number of fused-ring (bicyclic) bond motifs is 1. The fraction of sp³-hybridized carbons (Fsp3) is 0.214. The highest BCUT2D eigenvalue weighted by Crippen LogP contribution is 2.18. The first-order valence-electron chi connectivity index (χ1n) is 6.28. The highest BCUT2D eigenvalue weighted by atomic mass is 16.5. The molecule has 0 spiro atoms. The maximum absolute atomic E-state index is 12.1. The third-order valence-corrected chi connectivity index (χ3v) is 3.24. The van der Waals surface area contributed by atoms with Crippen molar-refractivity contribution < 1.29 is 9.32 Å². The Bertz CT molecular complexity index is 753. The maximum atomic E-state index is 12.1. The van der Waals surface area contributed by atoms with Crippen LogP contribution in [-0.4, -0.2) is 21.3 Å². The number of aromatic amines is 1. The van der Waals surface area contributed by atoms with Crippen molar-refractivity contribution in [3.8, 4) is 0 Å². The van der Waals surface area contributed by atoms with E-state index in [1.165, 1.54) is 0 Å². The van der Waals surface area contributed by atoms with Gasteiger partial charge in [-0.25, -0.2) is 0 Å². The van der Waals surface area contributed by atoms with Crippen LogP contribution < -0.4 is 5.32 Å². The normalized spacial score (nSPS) is 10.9. The third kappa shape index (κ3) is 2.27. The van der Waals surface area contributed by atoms with Crippen molar-refractivity contribution in [2.45, 2.75) is 20.3 Å². The van der Waals surface area contributed by atoms with Gasteiger partial charge in [-0.3, -0.25) is 9.89 Å². The van der Waals surface area contributed by atoms with E-state index in [1.54, 1.807) is 13.1 Å². The number of amides is 1. The lowest BCUT2D eigenvalue weighted by Crippen LogP contribution is -2.15. The molecular formula is C14H14N4O2. The molecule has 2 aromatic heterocycles. The number of aromatic nitrogens is 3. The molecular weight excluding hydrogens is 256 g/mol. The van der Waals surface area contributed by atoms with Gasteiger partial charge in [-0.1, -0.05) is 5.16 Å². The second-order valence-electron chi connectivity index (χ2n) is 4.70. The average molecular weight is 270 g/mol. The number of hydrogen-bond acceptors (Lipinski definition) is 4. The molecule has 3 aromatic rings. The number of carbonyl (C=O) groups excluding carboxylic acids is 1. The fourth-order valence-electron chi connectivity index (χ4n) is 2.13. The van der Waals surface area contributed by atoms with E-state index in [0.717, 1.165) is 27.8 Å². The number of rotatable bonds is 3. The Labute approximate surface area is 115 Å². The van der Waals surface area contributed by atoms with Crippen LogP contribution in [0.1, 0.15) is 17.0 Å².